The minimum absolute atomic E-state index is 0.0146. The molecule has 2 aromatic rings. The van der Waals surface area contributed by atoms with Crippen molar-refractivity contribution < 1.29 is 4.79 Å². The molecule has 1 atom stereocenters. The second-order valence-corrected chi connectivity index (χ2v) is 5.88. The van der Waals surface area contributed by atoms with Crippen LogP contribution >= 0.6 is 11.3 Å². The number of H-pyrrole nitrogens is 1. The van der Waals surface area contributed by atoms with Gasteiger partial charge < -0.3 is 10.3 Å². The molecule has 0 aromatic carbocycles. The third kappa shape index (κ3) is 2.87. The van der Waals surface area contributed by atoms with E-state index in [4.69, 9.17) is 0 Å². The van der Waals surface area contributed by atoms with Crippen molar-refractivity contribution in [2.24, 2.45) is 0 Å². The lowest BCUT2D eigenvalue weighted by molar-refractivity contribution is 0.0935. The van der Waals surface area contributed by atoms with E-state index < -0.39 is 0 Å². The summed E-state index contributed by atoms with van der Waals surface area (Å²) >= 11 is 1.66. The van der Waals surface area contributed by atoms with Crippen LogP contribution in [0.4, 0.5) is 0 Å². The van der Waals surface area contributed by atoms with Crippen molar-refractivity contribution in [1.29, 1.82) is 0 Å². The van der Waals surface area contributed by atoms with Crippen molar-refractivity contribution in [3.63, 3.8) is 0 Å². The Morgan fingerprint density at radius 2 is 2.21 bits per heavy atom. The Morgan fingerprint density at radius 1 is 1.47 bits per heavy atom. The van der Waals surface area contributed by atoms with Crippen LogP contribution in [0, 0.1) is 20.8 Å². The number of carbonyl (C=O) groups excluding carboxylic acids is 1. The van der Waals surface area contributed by atoms with Crippen molar-refractivity contribution in [3.05, 3.63) is 39.1 Å². The SMILES string of the molecule is CC[C@@H](NC(=O)c1cc[nH]c1C)c1nc(C)c(C)s1. The Hall–Kier alpha value is -1.62. The fourth-order valence-corrected chi connectivity index (χ4v) is 2.98. The van der Waals surface area contributed by atoms with Gasteiger partial charge in [-0.2, -0.15) is 0 Å². The molecule has 1 amide bonds. The maximum Gasteiger partial charge on any atom is 0.253 e. The number of nitrogens with one attached hydrogen (secondary N) is 2. The molecule has 2 heterocycles. The van der Waals surface area contributed by atoms with Crippen molar-refractivity contribution >= 4 is 17.2 Å². The van der Waals surface area contributed by atoms with Crippen molar-refractivity contribution in [3.8, 4) is 0 Å². The number of aryl methyl sites for hydroxylation is 3. The summed E-state index contributed by atoms with van der Waals surface area (Å²) < 4.78 is 0. The van der Waals surface area contributed by atoms with Crippen LogP contribution in [0.2, 0.25) is 0 Å². The van der Waals surface area contributed by atoms with Gasteiger partial charge in [-0.1, -0.05) is 6.92 Å². The molecule has 5 heteroatoms. The Balaban J connectivity index is 2.16. The molecule has 0 aliphatic carbocycles. The first-order chi connectivity index (χ1) is 9.02. The highest BCUT2D eigenvalue weighted by atomic mass is 32.1. The van der Waals surface area contributed by atoms with Crippen LogP contribution in [-0.4, -0.2) is 15.9 Å². The lowest BCUT2D eigenvalue weighted by atomic mass is 10.2. The lowest BCUT2D eigenvalue weighted by Gasteiger charge is -2.14. The van der Waals surface area contributed by atoms with E-state index in [2.05, 4.69) is 29.1 Å². The number of hydrogen-bond acceptors (Lipinski definition) is 3. The second-order valence-electron chi connectivity index (χ2n) is 4.64. The number of amides is 1. The van der Waals surface area contributed by atoms with Gasteiger partial charge in [-0.15, -0.1) is 11.3 Å². The predicted octanol–water partition coefficient (Wildman–Crippen LogP) is 3.28. The zero-order valence-electron chi connectivity index (χ0n) is 11.7. The molecule has 4 nitrogen and oxygen atoms in total. The molecule has 19 heavy (non-hydrogen) atoms. The lowest BCUT2D eigenvalue weighted by Crippen LogP contribution is -2.28. The van der Waals surface area contributed by atoms with E-state index in [1.54, 1.807) is 23.6 Å². The van der Waals surface area contributed by atoms with Crippen LogP contribution in [0.5, 0.6) is 0 Å². The molecule has 2 N–H and O–H groups in total. The Kier molecular flexibility index (Phi) is 4.04. The number of aromatic amines is 1. The molecule has 0 unspecified atom stereocenters. The van der Waals surface area contributed by atoms with Gasteiger partial charge in [0.05, 0.1) is 17.3 Å². The van der Waals surface area contributed by atoms with Crippen molar-refractivity contribution in [2.75, 3.05) is 0 Å². The van der Waals surface area contributed by atoms with E-state index in [0.717, 1.165) is 22.8 Å². The molecule has 0 aliphatic heterocycles. The summed E-state index contributed by atoms with van der Waals surface area (Å²) in [4.78, 5) is 21.0. The van der Waals surface area contributed by atoms with E-state index >= 15 is 0 Å². The van der Waals surface area contributed by atoms with Crippen LogP contribution < -0.4 is 5.32 Å². The summed E-state index contributed by atoms with van der Waals surface area (Å²) in [6.45, 7) is 8.01. The van der Waals surface area contributed by atoms with Crippen LogP contribution in [0.25, 0.3) is 0 Å². The summed E-state index contributed by atoms with van der Waals surface area (Å²) in [6, 6.07) is 1.79. The van der Waals surface area contributed by atoms with Gasteiger partial charge in [0, 0.05) is 16.8 Å². The normalized spacial score (nSPS) is 12.4. The highest BCUT2D eigenvalue weighted by Gasteiger charge is 2.19. The van der Waals surface area contributed by atoms with Crippen LogP contribution in [0.1, 0.15) is 51.0 Å². The number of carbonyl (C=O) groups is 1. The zero-order valence-corrected chi connectivity index (χ0v) is 12.5. The highest BCUT2D eigenvalue weighted by molar-refractivity contribution is 7.11. The molecule has 0 saturated heterocycles. The van der Waals surface area contributed by atoms with E-state index in [9.17, 15) is 4.79 Å². The van der Waals surface area contributed by atoms with E-state index in [-0.39, 0.29) is 11.9 Å². The topological polar surface area (TPSA) is 57.8 Å². The Labute approximate surface area is 117 Å². The molecule has 2 rings (SSSR count). The first-order valence-corrected chi connectivity index (χ1v) is 7.23. The smallest absolute Gasteiger partial charge is 0.253 e. The average Bonchev–Trinajstić information content (AvgIpc) is 2.93. The molecular weight excluding hydrogens is 258 g/mol. The van der Waals surface area contributed by atoms with Crippen molar-refractivity contribution in [2.45, 2.75) is 40.2 Å². The summed E-state index contributed by atoms with van der Waals surface area (Å²) in [6.07, 6.45) is 2.62. The largest absolute Gasteiger partial charge is 0.365 e. The van der Waals surface area contributed by atoms with Gasteiger partial charge in [0.15, 0.2) is 0 Å². The molecule has 0 bridgehead atoms. The van der Waals surface area contributed by atoms with Gasteiger partial charge >= 0.3 is 0 Å². The van der Waals surface area contributed by atoms with E-state index in [1.807, 2.05) is 13.8 Å². The number of aromatic nitrogens is 2. The minimum Gasteiger partial charge on any atom is -0.365 e. The molecule has 0 aliphatic rings. The number of thiazole rings is 1. The average molecular weight is 277 g/mol. The van der Waals surface area contributed by atoms with Gasteiger partial charge in [0.2, 0.25) is 0 Å². The number of rotatable bonds is 4. The Morgan fingerprint density at radius 3 is 2.68 bits per heavy atom. The van der Waals surface area contributed by atoms with Gasteiger partial charge in [0.25, 0.3) is 5.91 Å². The first kappa shape index (κ1) is 13.8. The van der Waals surface area contributed by atoms with Gasteiger partial charge in [0.1, 0.15) is 5.01 Å². The standard InChI is InChI=1S/C14H19N3OS/c1-5-12(14-16-8(2)10(4)19-14)17-13(18)11-6-7-15-9(11)3/h6-7,12,15H,5H2,1-4H3,(H,17,18)/t12-/m1/s1. The van der Waals surface area contributed by atoms with Crippen LogP contribution in [-0.2, 0) is 0 Å². The third-order valence-corrected chi connectivity index (χ3v) is 4.44. The maximum absolute atomic E-state index is 12.2. The Bertz CT molecular complexity index is 566. The van der Waals surface area contributed by atoms with E-state index in [0.29, 0.717) is 5.56 Å². The second kappa shape index (κ2) is 5.57. The van der Waals surface area contributed by atoms with Gasteiger partial charge in [-0.3, -0.25) is 4.79 Å². The first-order valence-electron chi connectivity index (χ1n) is 6.41. The fraction of sp³-hybridized carbons (Fsp3) is 0.429. The molecule has 0 saturated carbocycles. The predicted molar refractivity (Wildman–Crippen MR) is 77.6 cm³/mol. The van der Waals surface area contributed by atoms with Crippen LogP contribution in [0.15, 0.2) is 12.3 Å². The molecule has 102 valence electrons. The van der Waals surface area contributed by atoms with E-state index in [1.165, 1.54) is 4.88 Å². The van der Waals surface area contributed by atoms with Crippen LogP contribution in [0.3, 0.4) is 0 Å². The molecular formula is C14H19N3OS. The quantitative estimate of drug-likeness (QED) is 0.901. The summed E-state index contributed by atoms with van der Waals surface area (Å²) in [7, 11) is 0. The fourth-order valence-electron chi connectivity index (χ4n) is 1.92. The molecule has 0 radical (unpaired) electrons. The molecule has 0 fully saturated rings. The molecule has 2 aromatic heterocycles. The number of nitrogens with zero attached hydrogens (tertiary/aromatic N) is 1. The van der Waals surface area contributed by atoms with Gasteiger partial charge in [-0.05, 0) is 33.3 Å². The maximum atomic E-state index is 12.2. The summed E-state index contributed by atoms with van der Waals surface area (Å²) in [5.41, 5.74) is 2.63. The highest BCUT2D eigenvalue weighted by Crippen LogP contribution is 2.25. The summed E-state index contributed by atoms with van der Waals surface area (Å²) in [5, 5.41) is 4.04. The molecule has 0 spiro atoms. The monoisotopic (exact) mass is 277 g/mol. The third-order valence-electron chi connectivity index (χ3n) is 3.26. The zero-order chi connectivity index (χ0) is 14.0. The summed E-state index contributed by atoms with van der Waals surface area (Å²) in [5.74, 6) is -0.0453. The number of hydrogen-bond donors (Lipinski definition) is 2. The van der Waals surface area contributed by atoms with Gasteiger partial charge in [-0.25, -0.2) is 4.98 Å². The minimum atomic E-state index is -0.0453. The van der Waals surface area contributed by atoms with Crippen molar-refractivity contribution in [1.82, 2.24) is 15.3 Å².